The number of nitrogens with zero attached hydrogens (tertiary/aromatic N) is 3. The number of benzene rings is 2. The summed E-state index contributed by atoms with van der Waals surface area (Å²) < 4.78 is 0. The van der Waals surface area contributed by atoms with Crippen molar-refractivity contribution in [3.05, 3.63) is 58.6 Å². The van der Waals surface area contributed by atoms with Gasteiger partial charge in [0.25, 0.3) is 0 Å². The van der Waals surface area contributed by atoms with Gasteiger partial charge in [-0.25, -0.2) is 9.97 Å². The standard InChI is InChI=1S/C19H16ClN5O/c1-23-10-11-3-2-4-12(7-11)17-15(9-21)18(22)25-19(24-17)14-8-13(20)5-6-16(14)26/h2-8,23,26H,10H2,1H3,(H2,22,24,25). The van der Waals surface area contributed by atoms with Crippen LogP contribution in [-0.4, -0.2) is 22.1 Å². The Morgan fingerprint density at radius 1 is 1.23 bits per heavy atom. The fraction of sp³-hybridized carbons (Fsp3) is 0.105. The Morgan fingerprint density at radius 3 is 2.77 bits per heavy atom. The van der Waals surface area contributed by atoms with E-state index in [1.807, 2.05) is 31.3 Å². The summed E-state index contributed by atoms with van der Waals surface area (Å²) in [5.74, 6) is 0.231. The maximum Gasteiger partial charge on any atom is 0.166 e. The van der Waals surface area contributed by atoms with E-state index in [9.17, 15) is 10.4 Å². The quantitative estimate of drug-likeness (QED) is 0.654. The SMILES string of the molecule is CNCc1cccc(-c2nc(-c3cc(Cl)ccc3O)nc(N)c2C#N)c1. The monoisotopic (exact) mass is 365 g/mol. The fourth-order valence-electron chi connectivity index (χ4n) is 2.64. The highest BCUT2D eigenvalue weighted by molar-refractivity contribution is 6.30. The fourth-order valence-corrected chi connectivity index (χ4v) is 2.81. The molecular weight excluding hydrogens is 350 g/mol. The lowest BCUT2D eigenvalue weighted by molar-refractivity contribution is 0.477. The van der Waals surface area contributed by atoms with Crippen LogP contribution in [0.4, 0.5) is 5.82 Å². The molecule has 6 nitrogen and oxygen atoms in total. The highest BCUT2D eigenvalue weighted by Crippen LogP contribution is 2.33. The predicted octanol–water partition coefficient (Wildman–Crippen LogP) is 3.34. The molecule has 1 aromatic heterocycles. The lowest BCUT2D eigenvalue weighted by Crippen LogP contribution is -2.06. The summed E-state index contributed by atoms with van der Waals surface area (Å²) in [6.07, 6.45) is 0. The number of aromatic nitrogens is 2. The third-order valence-corrected chi connectivity index (χ3v) is 4.06. The van der Waals surface area contributed by atoms with Gasteiger partial charge in [-0.1, -0.05) is 29.8 Å². The maximum absolute atomic E-state index is 10.1. The molecule has 0 aliphatic heterocycles. The van der Waals surface area contributed by atoms with Crippen LogP contribution in [0.25, 0.3) is 22.6 Å². The summed E-state index contributed by atoms with van der Waals surface area (Å²) in [4.78, 5) is 8.67. The van der Waals surface area contributed by atoms with E-state index in [1.54, 1.807) is 12.1 Å². The first-order chi connectivity index (χ1) is 12.5. The van der Waals surface area contributed by atoms with Gasteiger partial charge in [0, 0.05) is 17.1 Å². The van der Waals surface area contributed by atoms with Gasteiger partial charge in [-0.3, -0.25) is 0 Å². The predicted molar refractivity (Wildman–Crippen MR) is 101 cm³/mol. The lowest BCUT2D eigenvalue weighted by atomic mass is 10.0. The highest BCUT2D eigenvalue weighted by Gasteiger charge is 2.17. The van der Waals surface area contributed by atoms with Crippen LogP contribution in [0.5, 0.6) is 5.75 Å². The number of rotatable bonds is 4. The van der Waals surface area contributed by atoms with Crippen LogP contribution in [0.15, 0.2) is 42.5 Å². The Kier molecular flexibility index (Phi) is 5.03. The molecule has 0 unspecified atom stereocenters. The molecule has 0 radical (unpaired) electrons. The Morgan fingerprint density at radius 2 is 2.04 bits per heavy atom. The molecule has 0 aliphatic carbocycles. The third-order valence-electron chi connectivity index (χ3n) is 3.83. The van der Waals surface area contributed by atoms with Crippen molar-refractivity contribution in [1.82, 2.24) is 15.3 Å². The lowest BCUT2D eigenvalue weighted by Gasteiger charge is -2.11. The molecule has 26 heavy (non-hydrogen) atoms. The molecule has 0 saturated carbocycles. The van der Waals surface area contributed by atoms with Crippen LogP contribution in [-0.2, 0) is 6.54 Å². The zero-order valence-corrected chi connectivity index (χ0v) is 14.7. The number of anilines is 1. The van der Waals surface area contributed by atoms with Crippen molar-refractivity contribution in [3.8, 4) is 34.5 Å². The first-order valence-electron chi connectivity index (χ1n) is 7.84. The molecule has 0 atom stereocenters. The molecule has 3 rings (SSSR count). The molecule has 4 N–H and O–H groups in total. The number of phenolic OH excluding ortho intramolecular Hbond substituents is 1. The average Bonchev–Trinajstić information content (AvgIpc) is 2.63. The minimum Gasteiger partial charge on any atom is -0.507 e. The molecule has 0 bridgehead atoms. The average molecular weight is 366 g/mol. The molecule has 0 spiro atoms. The van der Waals surface area contributed by atoms with Gasteiger partial charge in [0.2, 0.25) is 0 Å². The number of hydrogen-bond acceptors (Lipinski definition) is 6. The first kappa shape index (κ1) is 17.7. The minimum atomic E-state index is -0.0200. The molecule has 2 aromatic carbocycles. The maximum atomic E-state index is 10.1. The summed E-state index contributed by atoms with van der Waals surface area (Å²) in [5, 5.41) is 23.1. The number of aromatic hydroxyl groups is 1. The van der Waals surface area contributed by atoms with Gasteiger partial charge >= 0.3 is 0 Å². The number of nitrogens with one attached hydrogen (secondary N) is 1. The number of halogens is 1. The van der Waals surface area contributed by atoms with Crippen molar-refractivity contribution in [3.63, 3.8) is 0 Å². The molecular formula is C19H16ClN5O. The molecule has 3 aromatic rings. The van der Waals surface area contributed by atoms with Crippen LogP contribution in [0, 0.1) is 11.3 Å². The number of hydrogen-bond donors (Lipinski definition) is 3. The van der Waals surface area contributed by atoms with E-state index in [0.29, 0.717) is 22.8 Å². The van der Waals surface area contributed by atoms with Gasteiger partial charge in [0.1, 0.15) is 23.2 Å². The molecule has 130 valence electrons. The van der Waals surface area contributed by atoms with Gasteiger partial charge in [0.15, 0.2) is 5.82 Å². The van der Waals surface area contributed by atoms with Crippen molar-refractivity contribution in [2.24, 2.45) is 0 Å². The second-order valence-corrected chi connectivity index (χ2v) is 6.10. The summed E-state index contributed by atoms with van der Waals surface area (Å²) in [5.41, 5.74) is 8.72. The molecule has 0 saturated heterocycles. The Hall–Kier alpha value is -3.14. The van der Waals surface area contributed by atoms with Crippen LogP contribution in [0.3, 0.4) is 0 Å². The zero-order chi connectivity index (χ0) is 18.7. The Balaban J connectivity index is 2.22. The second kappa shape index (κ2) is 7.40. The highest BCUT2D eigenvalue weighted by atomic mass is 35.5. The van der Waals surface area contributed by atoms with Crippen LogP contribution in [0.2, 0.25) is 5.02 Å². The van der Waals surface area contributed by atoms with E-state index < -0.39 is 0 Å². The smallest absolute Gasteiger partial charge is 0.166 e. The van der Waals surface area contributed by atoms with Crippen molar-refractivity contribution in [1.29, 1.82) is 5.26 Å². The van der Waals surface area contributed by atoms with Crippen molar-refractivity contribution < 1.29 is 5.11 Å². The van der Waals surface area contributed by atoms with Gasteiger partial charge in [0.05, 0.1) is 11.3 Å². The van der Waals surface area contributed by atoms with E-state index in [0.717, 1.165) is 11.1 Å². The minimum absolute atomic E-state index is 0.0200. The Bertz CT molecular complexity index is 1010. The summed E-state index contributed by atoms with van der Waals surface area (Å²) in [7, 11) is 1.86. The number of nitriles is 1. The topological polar surface area (TPSA) is 108 Å². The van der Waals surface area contributed by atoms with Crippen molar-refractivity contribution >= 4 is 17.4 Å². The molecule has 1 heterocycles. The largest absolute Gasteiger partial charge is 0.507 e. The van der Waals surface area contributed by atoms with Crippen molar-refractivity contribution in [2.75, 3.05) is 12.8 Å². The van der Waals surface area contributed by atoms with Gasteiger partial charge in [-0.05, 0) is 36.9 Å². The normalized spacial score (nSPS) is 10.5. The van der Waals surface area contributed by atoms with Gasteiger partial charge < -0.3 is 16.2 Å². The van der Waals surface area contributed by atoms with Crippen LogP contribution >= 0.6 is 11.6 Å². The summed E-state index contributed by atoms with van der Waals surface area (Å²) >= 11 is 6.02. The van der Waals surface area contributed by atoms with E-state index in [-0.39, 0.29) is 23.0 Å². The number of nitrogen functional groups attached to an aromatic ring is 1. The van der Waals surface area contributed by atoms with Gasteiger partial charge in [-0.2, -0.15) is 5.26 Å². The molecule has 0 amide bonds. The van der Waals surface area contributed by atoms with E-state index >= 15 is 0 Å². The van der Waals surface area contributed by atoms with Crippen LogP contribution < -0.4 is 11.1 Å². The summed E-state index contributed by atoms with van der Waals surface area (Å²) in [6, 6.07) is 14.3. The zero-order valence-electron chi connectivity index (χ0n) is 14.0. The molecule has 0 aliphatic rings. The van der Waals surface area contributed by atoms with Crippen LogP contribution in [0.1, 0.15) is 11.1 Å². The van der Waals surface area contributed by atoms with E-state index in [2.05, 4.69) is 21.4 Å². The van der Waals surface area contributed by atoms with Gasteiger partial charge in [-0.15, -0.1) is 0 Å². The number of nitrogens with two attached hydrogens (primary N) is 1. The van der Waals surface area contributed by atoms with E-state index in [1.165, 1.54) is 6.07 Å². The molecule has 0 fully saturated rings. The first-order valence-corrected chi connectivity index (χ1v) is 8.21. The van der Waals surface area contributed by atoms with Crippen molar-refractivity contribution in [2.45, 2.75) is 6.54 Å². The Labute approximate surface area is 155 Å². The molecule has 7 heteroatoms. The number of phenols is 1. The third kappa shape index (κ3) is 3.45. The van der Waals surface area contributed by atoms with E-state index in [4.69, 9.17) is 17.3 Å². The summed E-state index contributed by atoms with van der Waals surface area (Å²) in [6.45, 7) is 0.679. The second-order valence-electron chi connectivity index (χ2n) is 5.66.